The van der Waals surface area contributed by atoms with Crippen molar-refractivity contribution in [3.8, 4) is 5.75 Å². The lowest BCUT2D eigenvalue weighted by Gasteiger charge is -2.24. The Kier molecular flexibility index (Phi) is 4.44. The number of ether oxygens (including phenoxy) is 1. The molecule has 1 aliphatic carbocycles. The van der Waals surface area contributed by atoms with Crippen LogP contribution in [0.1, 0.15) is 34.9 Å². The summed E-state index contributed by atoms with van der Waals surface area (Å²) in [6.45, 7) is 0.836. The second kappa shape index (κ2) is 6.29. The van der Waals surface area contributed by atoms with E-state index in [2.05, 4.69) is 38.8 Å². The molecule has 1 aromatic carbocycles. The topological polar surface area (TPSA) is 21.3 Å². The second-order valence-electron chi connectivity index (χ2n) is 5.08. The van der Waals surface area contributed by atoms with Crippen molar-refractivity contribution in [2.75, 3.05) is 7.11 Å². The lowest BCUT2D eigenvalue weighted by Crippen LogP contribution is -2.24. The van der Waals surface area contributed by atoms with Crippen LogP contribution in [0.4, 0.5) is 0 Å². The van der Waals surface area contributed by atoms with E-state index in [0.29, 0.717) is 6.04 Å². The van der Waals surface area contributed by atoms with Crippen molar-refractivity contribution >= 4 is 27.3 Å². The zero-order valence-electron chi connectivity index (χ0n) is 11.5. The minimum atomic E-state index is 0.480. The van der Waals surface area contributed by atoms with E-state index in [-0.39, 0.29) is 0 Å². The van der Waals surface area contributed by atoms with Gasteiger partial charge in [0.05, 0.1) is 7.11 Å². The van der Waals surface area contributed by atoms with E-state index >= 15 is 0 Å². The largest absolute Gasteiger partial charge is 0.496 e. The minimum absolute atomic E-state index is 0.480. The van der Waals surface area contributed by atoms with Crippen LogP contribution in [0.5, 0.6) is 5.75 Å². The minimum Gasteiger partial charge on any atom is -0.496 e. The van der Waals surface area contributed by atoms with Crippen molar-refractivity contribution in [2.24, 2.45) is 0 Å². The number of benzene rings is 1. The molecule has 3 rings (SSSR count). The summed E-state index contributed by atoms with van der Waals surface area (Å²) in [5.41, 5.74) is 2.69. The number of fused-ring (bicyclic) bond motifs is 1. The van der Waals surface area contributed by atoms with Gasteiger partial charge in [0.15, 0.2) is 0 Å². The van der Waals surface area contributed by atoms with Crippen molar-refractivity contribution in [1.29, 1.82) is 0 Å². The first-order valence-electron chi connectivity index (χ1n) is 6.90. The fourth-order valence-electron chi connectivity index (χ4n) is 2.82. The highest BCUT2D eigenvalue weighted by atomic mass is 79.9. The molecule has 0 radical (unpaired) electrons. The Bertz CT molecular complexity index is 596. The van der Waals surface area contributed by atoms with E-state index in [1.165, 1.54) is 30.4 Å². The monoisotopic (exact) mass is 351 g/mol. The maximum absolute atomic E-state index is 5.44. The van der Waals surface area contributed by atoms with Crippen molar-refractivity contribution in [2.45, 2.75) is 31.8 Å². The molecule has 0 saturated heterocycles. The third-order valence-electron chi connectivity index (χ3n) is 3.83. The molecule has 0 bridgehead atoms. The van der Waals surface area contributed by atoms with Gasteiger partial charge in [0, 0.05) is 27.5 Å². The standard InChI is InChI=1S/C16H18BrNOS/c1-19-15-6-5-12(17)9-11(15)10-18-14-3-2-4-16-13(14)7-8-20-16/h5-9,14,18H,2-4,10H2,1H3. The van der Waals surface area contributed by atoms with E-state index in [4.69, 9.17) is 4.74 Å². The van der Waals surface area contributed by atoms with Gasteiger partial charge in [-0.15, -0.1) is 11.3 Å². The molecule has 1 atom stereocenters. The zero-order valence-corrected chi connectivity index (χ0v) is 13.9. The molecular weight excluding hydrogens is 334 g/mol. The molecule has 1 heterocycles. The maximum Gasteiger partial charge on any atom is 0.123 e. The molecule has 0 fully saturated rings. The summed E-state index contributed by atoms with van der Waals surface area (Å²) in [5, 5.41) is 5.90. The van der Waals surface area contributed by atoms with Gasteiger partial charge in [-0.1, -0.05) is 15.9 Å². The van der Waals surface area contributed by atoms with Crippen LogP contribution >= 0.6 is 27.3 Å². The van der Waals surface area contributed by atoms with Gasteiger partial charge >= 0.3 is 0 Å². The summed E-state index contributed by atoms with van der Waals surface area (Å²) in [4.78, 5) is 1.55. The van der Waals surface area contributed by atoms with Crippen LogP contribution in [0.25, 0.3) is 0 Å². The Balaban J connectivity index is 1.73. The number of hydrogen-bond donors (Lipinski definition) is 1. The molecular formula is C16H18BrNOS. The van der Waals surface area contributed by atoms with Gasteiger partial charge in [0.2, 0.25) is 0 Å². The molecule has 0 saturated carbocycles. The van der Waals surface area contributed by atoms with Crippen molar-refractivity contribution in [3.63, 3.8) is 0 Å². The Morgan fingerprint density at radius 1 is 1.40 bits per heavy atom. The Morgan fingerprint density at radius 3 is 3.15 bits per heavy atom. The van der Waals surface area contributed by atoms with Crippen LogP contribution in [0.15, 0.2) is 34.1 Å². The zero-order chi connectivity index (χ0) is 13.9. The third kappa shape index (κ3) is 2.92. The van der Waals surface area contributed by atoms with Crippen molar-refractivity contribution < 1.29 is 4.74 Å². The highest BCUT2D eigenvalue weighted by Crippen LogP contribution is 2.34. The first-order chi connectivity index (χ1) is 9.78. The first-order valence-corrected chi connectivity index (χ1v) is 8.57. The number of nitrogens with one attached hydrogen (secondary N) is 1. The summed E-state index contributed by atoms with van der Waals surface area (Å²) in [5.74, 6) is 0.946. The average molecular weight is 352 g/mol. The van der Waals surface area contributed by atoms with Crippen LogP contribution in [-0.4, -0.2) is 7.11 Å². The van der Waals surface area contributed by atoms with Gasteiger partial charge in [-0.05, 0) is 54.5 Å². The molecule has 2 nitrogen and oxygen atoms in total. The molecule has 106 valence electrons. The molecule has 1 N–H and O–H groups in total. The molecule has 1 unspecified atom stereocenters. The van der Waals surface area contributed by atoms with Gasteiger partial charge in [-0.3, -0.25) is 0 Å². The van der Waals surface area contributed by atoms with Crippen LogP contribution in [-0.2, 0) is 13.0 Å². The van der Waals surface area contributed by atoms with Gasteiger partial charge in [-0.25, -0.2) is 0 Å². The molecule has 1 aromatic heterocycles. The van der Waals surface area contributed by atoms with E-state index in [1.807, 2.05) is 23.5 Å². The number of hydrogen-bond acceptors (Lipinski definition) is 3. The lowest BCUT2D eigenvalue weighted by atomic mass is 9.94. The van der Waals surface area contributed by atoms with Crippen LogP contribution < -0.4 is 10.1 Å². The number of thiophene rings is 1. The third-order valence-corrected chi connectivity index (χ3v) is 5.32. The Labute approximate surface area is 132 Å². The highest BCUT2D eigenvalue weighted by Gasteiger charge is 2.20. The Hall–Kier alpha value is -0.840. The van der Waals surface area contributed by atoms with Gasteiger partial charge in [-0.2, -0.15) is 0 Å². The number of aryl methyl sites for hydroxylation is 1. The smallest absolute Gasteiger partial charge is 0.123 e. The predicted octanol–water partition coefficient (Wildman–Crippen LogP) is 4.69. The first kappa shape index (κ1) is 14.1. The van der Waals surface area contributed by atoms with Crippen LogP contribution in [0, 0.1) is 0 Å². The fourth-order valence-corrected chi connectivity index (χ4v) is 4.21. The summed E-state index contributed by atoms with van der Waals surface area (Å²) < 4.78 is 6.53. The van der Waals surface area contributed by atoms with Crippen LogP contribution in [0.3, 0.4) is 0 Å². The van der Waals surface area contributed by atoms with Crippen LogP contribution in [0.2, 0.25) is 0 Å². The number of methoxy groups -OCH3 is 1. The molecule has 0 amide bonds. The van der Waals surface area contributed by atoms with Gasteiger partial charge < -0.3 is 10.1 Å². The number of rotatable bonds is 4. The summed E-state index contributed by atoms with van der Waals surface area (Å²) >= 11 is 5.42. The SMILES string of the molecule is COc1ccc(Br)cc1CNC1CCCc2sccc21. The highest BCUT2D eigenvalue weighted by molar-refractivity contribution is 9.10. The number of halogens is 1. The van der Waals surface area contributed by atoms with E-state index in [9.17, 15) is 0 Å². The molecule has 20 heavy (non-hydrogen) atoms. The lowest BCUT2D eigenvalue weighted by molar-refractivity contribution is 0.401. The van der Waals surface area contributed by atoms with Crippen molar-refractivity contribution in [3.05, 3.63) is 50.1 Å². The molecule has 4 heteroatoms. The average Bonchev–Trinajstić information content (AvgIpc) is 2.94. The van der Waals surface area contributed by atoms with E-state index in [0.717, 1.165) is 16.8 Å². The van der Waals surface area contributed by atoms with E-state index < -0.39 is 0 Å². The maximum atomic E-state index is 5.44. The molecule has 2 aromatic rings. The van der Waals surface area contributed by atoms with Gasteiger partial charge in [0.25, 0.3) is 0 Å². The molecule has 0 aliphatic heterocycles. The normalized spacial score (nSPS) is 17.8. The molecule has 0 spiro atoms. The summed E-state index contributed by atoms with van der Waals surface area (Å²) in [7, 11) is 1.73. The quantitative estimate of drug-likeness (QED) is 0.862. The second-order valence-corrected chi connectivity index (χ2v) is 7.00. The predicted molar refractivity (Wildman–Crippen MR) is 87.5 cm³/mol. The molecule has 1 aliphatic rings. The summed E-state index contributed by atoms with van der Waals surface area (Å²) in [6.07, 6.45) is 3.74. The fraction of sp³-hybridized carbons (Fsp3) is 0.375. The Morgan fingerprint density at radius 2 is 2.30 bits per heavy atom. The van der Waals surface area contributed by atoms with Crippen molar-refractivity contribution in [1.82, 2.24) is 5.32 Å². The van der Waals surface area contributed by atoms with Gasteiger partial charge in [0.1, 0.15) is 5.75 Å². The van der Waals surface area contributed by atoms with E-state index in [1.54, 1.807) is 12.0 Å². The summed E-state index contributed by atoms with van der Waals surface area (Å²) in [6, 6.07) is 8.91.